The molecule has 0 saturated carbocycles. The Morgan fingerprint density at radius 3 is 2.76 bits per heavy atom. The number of rotatable bonds is 11. The van der Waals surface area contributed by atoms with Gasteiger partial charge in [-0.05, 0) is 6.92 Å². The van der Waals surface area contributed by atoms with Gasteiger partial charge in [-0.25, -0.2) is 0 Å². The number of esters is 1. The molecule has 142 valence electrons. The Bertz CT molecular complexity index is 485. The van der Waals surface area contributed by atoms with E-state index in [9.17, 15) is 14.7 Å². The van der Waals surface area contributed by atoms with Gasteiger partial charge < -0.3 is 4.74 Å². The van der Waals surface area contributed by atoms with Crippen molar-refractivity contribution in [2.24, 2.45) is 5.92 Å². The van der Waals surface area contributed by atoms with Crippen LogP contribution in [0.4, 0.5) is 0 Å². The van der Waals surface area contributed by atoms with Crippen molar-refractivity contribution in [1.82, 2.24) is 0 Å². The van der Waals surface area contributed by atoms with E-state index in [1.54, 1.807) is 13.7 Å². The number of carbonyl (C=O) groups excluding carboxylic acids is 2. The van der Waals surface area contributed by atoms with Crippen LogP contribution in [0.3, 0.4) is 0 Å². The molecule has 0 radical (unpaired) electrons. The van der Waals surface area contributed by atoms with Crippen LogP contribution in [0.1, 0.15) is 52.4 Å². The second-order valence-corrected chi connectivity index (χ2v) is 7.64. The van der Waals surface area contributed by atoms with Gasteiger partial charge in [0.15, 0.2) is 0 Å². The molecule has 1 aliphatic heterocycles. The number of Topliss-reactive ketones (excluding diaryl/α,β-unsaturated/α-hetero) is 1. The molecule has 0 aromatic rings. The van der Waals surface area contributed by atoms with Crippen LogP contribution in [0.15, 0.2) is 0 Å². The molecule has 1 N–H and O–H groups in total. The zero-order valence-electron chi connectivity index (χ0n) is 14.9. The van der Waals surface area contributed by atoms with Gasteiger partial charge in [0.25, 0.3) is 0 Å². The van der Waals surface area contributed by atoms with E-state index >= 15 is 0 Å². The Balaban J connectivity index is 2.39. The SMILES string of the molecule is CCOC(=O)C[C@H](O)C[C@H]1CC(=O)C[C@@H](C[C@@H](C)CCOB=[PH]=S)O1. The summed E-state index contributed by atoms with van der Waals surface area (Å²) in [5, 5.41) is 10.00. The van der Waals surface area contributed by atoms with E-state index in [2.05, 4.69) is 6.92 Å². The van der Waals surface area contributed by atoms with Crippen LogP contribution in [-0.2, 0) is 35.5 Å². The molecule has 1 heterocycles. The van der Waals surface area contributed by atoms with Gasteiger partial charge in [-0.2, -0.15) is 0 Å². The quantitative estimate of drug-likeness (QED) is 0.250. The van der Waals surface area contributed by atoms with Crippen molar-refractivity contribution < 1.29 is 28.8 Å². The van der Waals surface area contributed by atoms with Crippen LogP contribution in [-0.4, -0.2) is 55.2 Å². The topological polar surface area (TPSA) is 82.1 Å². The molecule has 0 aliphatic carbocycles. The summed E-state index contributed by atoms with van der Waals surface area (Å²) in [6.07, 6.45) is 1.23. The Hall–Kier alpha value is -0.395. The van der Waals surface area contributed by atoms with E-state index in [0.717, 1.165) is 12.8 Å². The molecule has 0 bridgehead atoms. The third kappa shape index (κ3) is 10.4. The van der Waals surface area contributed by atoms with Gasteiger partial charge in [-0.15, -0.1) is 0 Å². The van der Waals surface area contributed by atoms with Crippen molar-refractivity contribution in [3.63, 3.8) is 0 Å². The van der Waals surface area contributed by atoms with Gasteiger partial charge in [0.2, 0.25) is 0 Å². The van der Waals surface area contributed by atoms with Crippen molar-refractivity contribution in [1.29, 1.82) is 0 Å². The molecule has 0 aromatic heterocycles. The molecule has 1 fully saturated rings. The summed E-state index contributed by atoms with van der Waals surface area (Å²) in [5.74, 6) is 0.0790. The molecular weight excluding hydrogens is 362 g/mol. The minimum atomic E-state index is -0.851. The standard InChI is InChI=1S/C16H28BO6PS/c1-3-21-16(20)10-13(19)9-15-8-12(18)7-14(23-15)6-11(2)4-5-22-17-24-25/h11,13-15,19,24H,3-10H2,1-2H3/t11-,13+,14+,15+/m0/s1. The first-order valence-corrected chi connectivity index (χ1v) is 11.0. The van der Waals surface area contributed by atoms with Crippen LogP contribution in [0, 0.1) is 5.92 Å². The number of carbonyl (C=O) groups is 2. The fraction of sp³-hybridized carbons (Fsp3) is 0.875. The molecule has 1 saturated heterocycles. The average molecular weight is 390 g/mol. The van der Waals surface area contributed by atoms with Crippen molar-refractivity contribution in [2.75, 3.05) is 13.2 Å². The third-order valence-corrected chi connectivity index (χ3v) is 4.61. The van der Waals surface area contributed by atoms with Crippen molar-refractivity contribution in [3.8, 4) is 0 Å². The fourth-order valence-corrected chi connectivity index (χ4v) is 3.36. The van der Waals surface area contributed by atoms with Gasteiger partial charge in [0, 0.05) is 0 Å². The summed E-state index contributed by atoms with van der Waals surface area (Å²) < 4.78 is 16.1. The first-order valence-electron chi connectivity index (χ1n) is 8.76. The van der Waals surface area contributed by atoms with E-state index in [-0.39, 0.29) is 44.3 Å². The monoisotopic (exact) mass is 390 g/mol. The van der Waals surface area contributed by atoms with Gasteiger partial charge in [-0.1, -0.05) is 0 Å². The van der Waals surface area contributed by atoms with Crippen LogP contribution < -0.4 is 0 Å². The molecule has 1 rings (SSSR count). The van der Waals surface area contributed by atoms with Crippen LogP contribution >= 0.6 is 6.85 Å². The first-order chi connectivity index (χ1) is 11.9. The second-order valence-electron chi connectivity index (χ2n) is 6.46. The average Bonchev–Trinajstić information content (AvgIpc) is 2.50. The van der Waals surface area contributed by atoms with E-state index in [0.29, 0.717) is 25.4 Å². The van der Waals surface area contributed by atoms with Gasteiger partial charge in [-0.3, -0.25) is 4.79 Å². The zero-order chi connectivity index (χ0) is 18.7. The van der Waals surface area contributed by atoms with Crippen molar-refractivity contribution in [3.05, 3.63) is 0 Å². The van der Waals surface area contributed by atoms with Gasteiger partial charge in [0.1, 0.15) is 0 Å². The normalized spacial score (nSPS) is 23.1. The molecule has 9 heteroatoms. The Kier molecular flexibility index (Phi) is 11.7. The molecular formula is C16H28BO6PS. The molecule has 6 nitrogen and oxygen atoms in total. The first kappa shape index (κ1) is 22.6. The second kappa shape index (κ2) is 12.9. The molecule has 1 unspecified atom stereocenters. The number of aliphatic hydroxyl groups is 1. The zero-order valence-corrected chi connectivity index (χ0v) is 16.8. The number of ketones is 1. The van der Waals surface area contributed by atoms with Crippen molar-refractivity contribution >= 4 is 37.2 Å². The summed E-state index contributed by atoms with van der Waals surface area (Å²) in [5.41, 5.74) is 0. The molecule has 0 amide bonds. The number of aliphatic hydroxyl groups excluding tert-OH is 1. The number of hydrogen-bond acceptors (Lipinski definition) is 7. The summed E-state index contributed by atoms with van der Waals surface area (Å²) in [6.45, 7) is 6.64. The predicted octanol–water partition coefficient (Wildman–Crippen LogP) is 1.91. The van der Waals surface area contributed by atoms with Gasteiger partial charge >= 0.3 is 133 Å². The van der Waals surface area contributed by atoms with Crippen LogP contribution in [0.5, 0.6) is 0 Å². The summed E-state index contributed by atoms with van der Waals surface area (Å²) in [4.78, 5) is 23.4. The van der Waals surface area contributed by atoms with Gasteiger partial charge in [0.05, 0.1) is 6.61 Å². The Morgan fingerprint density at radius 1 is 1.44 bits per heavy atom. The Labute approximate surface area is 156 Å². The summed E-state index contributed by atoms with van der Waals surface area (Å²) >= 11 is 4.80. The summed E-state index contributed by atoms with van der Waals surface area (Å²) in [7, 11) is 0. The minimum absolute atomic E-state index is 0.0691. The van der Waals surface area contributed by atoms with Crippen molar-refractivity contribution in [2.45, 2.75) is 70.7 Å². The Morgan fingerprint density at radius 2 is 2.12 bits per heavy atom. The fourth-order valence-electron chi connectivity index (χ4n) is 2.97. The molecule has 0 aromatic carbocycles. The molecule has 1 aliphatic rings. The summed E-state index contributed by atoms with van der Waals surface area (Å²) in [6, 6.07) is 0. The van der Waals surface area contributed by atoms with E-state index < -0.39 is 12.1 Å². The predicted molar refractivity (Wildman–Crippen MR) is 101 cm³/mol. The van der Waals surface area contributed by atoms with E-state index in [1.165, 1.54) is 0 Å². The third-order valence-electron chi connectivity index (χ3n) is 4.06. The van der Waals surface area contributed by atoms with E-state index in [1.807, 2.05) is 0 Å². The van der Waals surface area contributed by atoms with Crippen LogP contribution in [0.25, 0.3) is 0 Å². The maximum absolute atomic E-state index is 12.0. The maximum atomic E-state index is 12.0. The number of ether oxygens (including phenoxy) is 2. The number of hydrogen-bond donors (Lipinski definition) is 1. The molecule has 5 atom stereocenters. The van der Waals surface area contributed by atoms with Crippen LogP contribution in [0.2, 0.25) is 0 Å². The molecule has 25 heavy (non-hydrogen) atoms. The van der Waals surface area contributed by atoms with E-state index in [4.69, 9.17) is 25.9 Å². The molecule has 0 spiro atoms.